The van der Waals surface area contributed by atoms with Gasteiger partial charge in [-0.2, -0.15) is 4.98 Å². The number of carbonyl (C=O) groups excluding carboxylic acids is 1. The molecule has 0 unspecified atom stereocenters. The van der Waals surface area contributed by atoms with Crippen molar-refractivity contribution in [1.29, 1.82) is 0 Å². The molecule has 0 bridgehead atoms. The fourth-order valence-electron chi connectivity index (χ4n) is 4.54. The van der Waals surface area contributed by atoms with Crippen LogP contribution >= 0.6 is 0 Å². The molecule has 0 aliphatic heterocycles. The lowest BCUT2D eigenvalue weighted by molar-refractivity contribution is 0.0523. The Labute approximate surface area is 258 Å². The molecule has 2 aromatic heterocycles. The number of ether oxygens (including phenoxy) is 3. The molecule has 1 amide bonds. The van der Waals surface area contributed by atoms with Crippen LogP contribution in [-0.2, 0) is 24.5 Å². The Balaban J connectivity index is 1.38. The highest BCUT2D eigenvalue weighted by Gasteiger charge is 2.17. The van der Waals surface area contributed by atoms with E-state index >= 15 is 0 Å². The predicted molar refractivity (Wildman–Crippen MR) is 172 cm³/mol. The molecule has 0 aliphatic rings. The van der Waals surface area contributed by atoms with Gasteiger partial charge in [0.2, 0.25) is 11.8 Å². The van der Waals surface area contributed by atoms with Crippen LogP contribution in [-0.4, -0.2) is 21.7 Å². The first-order valence-electron chi connectivity index (χ1n) is 14.6. The standard InChI is InChI=1S/C37H37N3O4/c1-26-21-31(30-17-15-27(16-18-30)23-38-36(41)44-37(2,3)4)22-33(39-26)32-19-20-34(42-24-28-11-7-5-8-12-28)40-35(32)43-25-29-13-9-6-10-14-29/h5-22H,23-25H2,1-4H3,(H,38,41). The van der Waals surface area contributed by atoms with Gasteiger partial charge in [0, 0.05) is 18.3 Å². The van der Waals surface area contributed by atoms with Crippen LogP contribution in [0.15, 0.2) is 109 Å². The maximum absolute atomic E-state index is 12.0. The normalized spacial score (nSPS) is 11.1. The minimum absolute atomic E-state index is 0.362. The van der Waals surface area contributed by atoms with E-state index < -0.39 is 11.7 Å². The number of amides is 1. The molecule has 0 spiro atoms. The van der Waals surface area contributed by atoms with E-state index in [2.05, 4.69) is 5.32 Å². The SMILES string of the molecule is Cc1cc(-c2ccc(CNC(=O)OC(C)(C)C)cc2)cc(-c2ccc(OCc3ccccc3)nc2OCc2ccccc2)n1. The molecular formula is C37H37N3O4. The summed E-state index contributed by atoms with van der Waals surface area (Å²) in [6, 6.07) is 35.9. The lowest BCUT2D eigenvalue weighted by atomic mass is 10.0. The molecule has 0 fully saturated rings. The molecular weight excluding hydrogens is 550 g/mol. The zero-order chi connectivity index (χ0) is 30.9. The van der Waals surface area contributed by atoms with Crippen LogP contribution in [0, 0.1) is 6.92 Å². The molecule has 3 aromatic carbocycles. The largest absolute Gasteiger partial charge is 0.473 e. The van der Waals surface area contributed by atoms with Crippen LogP contribution in [0.1, 0.15) is 43.2 Å². The molecule has 0 aliphatic carbocycles. The van der Waals surface area contributed by atoms with E-state index in [-0.39, 0.29) is 0 Å². The monoisotopic (exact) mass is 587 g/mol. The molecule has 0 radical (unpaired) electrons. The third-order valence-electron chi connectivity index (χ3n) is 6.64. The van der Waals surface area contributed by atoms with Crippen molar-refractivity contribution in [2.45, 2.75) is 53.1 Å². The Morgan fingerprint density at radius 2 is 1.34 bits per heavy atom. The number of aromatic nitrogens is 2. The first-order chi connectivity index (χ1) is 21.2. The Morgan fingerprint density at radius 3 is 1.98 bits per heavy atom. The second-order valence-corrected chi connectivity index (χ2v) is 11.5. The molecule has 0 saturated carbocycles. The van der Waals surface area contributed by atoms with Crippen LogP contribution < -0.4 is 14.8 Å². The third-order valence-corrected chi connectivity index (χ3v) is 6.64. The lowest BCUT2D eigenvalue weighted by Gasteiger charge is -2.19. The molecule has 44 heavy (non-hydrogen) atoms. The maximum atomic E-state index is 12.0. The maximum Gasteiger partial charge on any atom is 0.407 e. The number of hydrogen-bond donors (Lipinski definition) is 1. The zero-order valence-electron chi connectivity index (χ0n) is 25.5. The summed E-state index contributed by atoms with van der Waals surface area (Å²) in [5.41, 5.74) is 6.96. The number of benzene rings is 3. The van der Waals surface area contributed by atoms with Crippen LogP contribution in [0.25, 0.3) is 22.4 Å². The van der Waals surface area contributed by atoms with Gasteiger partial charge >= 0.3 is 6.09 Å². The zero-order valence-corrected chi connectivity index (χ0v) is 25.5. The summed E-state index contributed by atoms with van der Waals surface area (Å²) >= 11 is 0. The van der Waals surface area contributed by atoms with E-state index in [4.69, 9.17) is 24.2 Å². The molecule has 0 atom stereocenters. The van der Waals surface area contributed by atoms with Gasteiger partial charge in [-0.25, -0.2) is 4.79 Å². The number of aryl methyl sites for hydroxylation is 1. The van der Waals surface area contributed by atoms with E-state index in [1.807, 2.05) is 137 Å². The van der Waals surface area contributed by atoms with Gasteiger partial charge in [-0.1, -0.05) is 84.9 Å². The number of rotatable bonds is 10. The highest BCUT2D eigenvalue weighted by Crippen LogP contribution is 2.33. The minimum atomic E-state index is -0.539. The Kier molecular flexibility index (Phi) is 9.55. The Hall–Kier alpha value is -5.17. The highest BCUT2D eigenvalue weighted by molar-refractivity contribution is 5.74. The number of carbonyl (C=O) groups is 1. The van der Waals surface area contributed by atoms with Crippen molar-refractivity contribution in [2.75, 3.05) is 0 Å². The average Bonchev–Trinajstić information content (AvgIpc) is 3.02. The summed E-state index contributed by atoms with van der Waals surface area (Å²) in [5, 5.41) is 2.80. The molecule has 2 heterocycles. The summed E-state index contributed by atoms with van der Waals surface area (Å²) in [7, 11) is 0. The number of pyridine rings is 2. The van der Waals surface area contributed by atoms with Crippen molar-refractivity contribution in [1.82, 2.24) is 15.3 Å². The number of nitrogens with one attached hydrogen (secondary N) is 1. The van der Waals surface area contributed by atoms with Gasteiger partial charge in [-0.15, -0.1) is 0 Å². The summed E-state index contributed by atoms with van der Waals surface area (Å²) in [6.07, 6.45) is -0.439. The molecule has 7 heteroatoms. The predicted octanol–water partition coefficient (Wildman–Crippen LogP) is 8.30. The molecule has 1 N–H and O–H groups in total. The summed E-state index contributed by atoms with van der Waals surface area (Å²) in [6.45, 7) is 8.64. The van der Waals surface area contributed by atoms with Gasteiger partial charge in [-0.05, 0) is 73.7 Å². The van der Waals surface area contributed by atoms with Crippen LogP contribution in [0.2, 0.25) is 0 Å². The van der Waals surface area contributed by atoms with E-state index in [0.29, 0.717) is 31.5 Å². The Bertz CT molecular complexity index is 1680. The van der Waals surface area contributed by atoms with Crippen molar-refractivity contribution in [3.05, 3.63) is 132 Å². The fourth-order valence-corrected chi connectivity index (χ4v) is 4.54. The number of nitrogens with zero attached hydrogens (tertiary/aromatic N) is 2. The average molecular weight is 588 g/mol. The summed E-state index contributed by atoms with van der Waals surface area (Å²) in [5.74, 6) is 0.927. The van der Waals surface area contributed by atoms with Crippen molar-refractivity contribution >= 4 is 6.09 Å². The first-order valence-corrected chi connectivity index (χ1v) is 14.6. The third kappa shape index (κ3) is 8.67. The van der Waals surface area contributed by atoms with Crippen LogP contribution in [0.4, 0.5) is 4.79 Å². The molecule has 224 valence electrons. The van der Waals surface area contributed by atoms with Gasteiger partial charge in [0.1, 0.15) is 18.8 Å². The van der Waals surface area contributed by atoms with Crippen LogP contribution in [0.5, 0.6) is 11.8 Å². The van der Waals surface area contributed by atoms with E-state index in [0.717, 1.165) is 44.8 Å². The summed E-state index contributed by atoms with van der Waals surface area (Å²) < 4.78 is 17.6. The second-order valence-electron chi connectivity index (χ2n) is 11.5. The van der Waals surface area contributed by atoms with E-state index in [1.165, 1.54) is 0 Å². The molecule has 5 rings (SSSR count). The smallest absolute Gasteiger partial charge is 0.407 e. The molecule has 7 nitrogen and oxygen atoms in total. The lowest BCUT2D eigenvalue weighted by Crippen LogP contribution is -2.32. The van der Waals surface area contributed by atoms with Crippen LogP contribution in [0.3, 0.4) is 0 Å². The quantitative estimate of drug-likeness (QED) is 0.177. The summed E-state index contributed by atoms with van der Waals surface area (Å²) in [4.78, 5) is 21.6. The van der Waals surface area contributed by atoms with Gasteiger partial charge in [0.15, 0.2) is 0 Å². The van der Waals surface area contributed by atoms with Crippen molar-refractivity contribution in [3.63, 3.8) is 0 Å². The van der Waals surface area contributed by atoms with Gasteiger partial charge in [0.25, 0.3) is 0 Å². The fraction of sp³-hybridized carbons (Fsp3) is 0.216. The van der Waals surface area contributed by atoms with Gasteiger partial charge in [-0.3, -0.25) is 4.98 Å². The second kappa shape index (κ2) is 13.9. The molecule has 5 aromatic rings. The van der Waals surface area contributed by atoms with E-state index in [1.54, 1.807) is 0 Å². The van der Waals surface area contributed by atoms with Crippen molar-refractivity contribution < 1.29 is 19.0 Å². The Morgan fingerprint density at radius 1 is 0.705 bits per heavy atom. The molecule has 0 saturated heterocycles. The van der Waals surface area contributed by atoms with Crippen molar-refractivity contribution in [3.8, 4) is 34.1 Å². The van der Waals surface area contributed by atoms with E-state index in [9.17, 15) is 4.79 Å². The van der Waals surface area contributed by atoms with Gasteiger partial charge in [0.05, 0.1) is 11.3 Å². The minimum Gasteiger partial charge on any atom is -0.473 e. The van der Waals surface area contributed by atoms with Crippen molar-refractivity contribution in [2.24, 2.45) is 0 Å². The number of alkyl carbamates (subject to hydrolysis) is 1. The highest BCUT2D eigenvalue weighted by atomic mass is 16.6. The first kappa shape index (κ1) is 30.3. The van der Waals surface area contributed by atoms with Gasteiger partial charge < -0.3 is 19.5 Å². The topological polar surface area (TPSA) is 82.6 Å². The number of hydrogen-bond acceptors (Lipinski definition) is 6.